The lowest BCUT2D eigenvalue weighted by Gasteiger charge is -2.03. The minimum Gasteiger partial charge on any atom is -0.342 e. The Bertz CT molecular complexity index is 469. The normalized spacial score (nSPS) is 11.1. The summed E-state index contributed by atoms with van der Waals surface area (Å²) in [5.74, 6) is 1.66. The number of H-pyrrole nitrogens is 1. The highest BCUT2D eigenvalue weighted by Crippen LogP contribution is 2.20. The number of benzene rings is 1. The van der Waals surface area contributed by atoms with Gasteiger partial charge in [-0.15, -0.1) is 0 Å². The molecule has 1 heterocycles. The van der Waals surface area contributed by atoms with Crippen LogP contribution in [-0.2, 0) is 12.8 Å². The van der Waals surface area contributed by atoms with E-state index in [1.807, 2.05) is 18.2 Å². The summed E-state index contributed by atoms with van der Waals surface area (Å²) in [7, 11) is 0. The Morgan fingerprint density at radius 3 is 2.47 bits per heavy atom. The minimum atomic E-state index is 0.657. The summed E-state index contributed by atoms with van der Waals surface area (Å²) in [6.07, 6.45) is 2.06. The first kappa shape index (κ1) is 11.9. The summed E-state index contributed by atoms with van der Waals surface area (Å²) < 4.78 is 0. The van der Waals surface area contributed by atoms with Crippen molar-refractivity contribution in [1.82, 2.24) is 9.97 Å². The zero-order valence-corrected chi connectivity index (χ0v) is 10.8. The zero-order valence-electron chi connectivity index (χ0n) is 10.8. The van der Waals surface area contributed by atoms with Crippen molar-refractivity contribution in [2.45, 2.75) is 33.6 Å². The van der Waals surface area contributed by atoms with Crippen LogP contribution in [0.3, 0.4) is 0 Å². The van der Waals surface area contributed by atoms with Gasteiger partial charge in [-0.3, -0.25) is 0 Å². The lowest BCUT2D eigenvalue weighted by molar-refractivity contribution is 0.633. The van der Waals surface area contributed by atoms with Crippen LogP contribution in [0.4, 0.5) is 0 Å². The van der Waals surface area contributed by atoms with Gasteiger partial charge in [0.05, 0.1) is 5.69 Å². The SMILES string of the molecule is CCc1nc(-c2ccccc2)[nH]c1CC(C)C. The van der Waals surface area contributed by atoms with E-state index < -0.39 is 0 Å². The van der Waals surface area contributed by atoms with Gasteiger partial charge in [0.15, 0.2) is 0 Å². The van der Waals surface area contributed by atoms with E-state index in [4.69, 9.17) is 4.98 Å². The van der Waals surface area contributed by atoms with Gasteiger partial charge in [0.1, 0.15) is 5.82 Å². The number of aromatic amines is 1. The lowest BCUT2D eigenvalue weighted by Crippen LogP contribution is -1.98. The van der Waals surface area contributed by atoms with E-state index in [2.05, 4.69) is 37.9 Å². The maximum absolute atomic E-state index is 4.70. The van der Waals surface area contributed by atoms with E-state index in [1.54, 1.807) is 0 Å². The van der Waals surface area contributed by atoms with Crippen molar-refractivity contribution in [2.24, 2.45) is 5.92 Å². The van der Waals surface area contributed by atoms with Crippen LogP contribution in [0.25, 0.3) is 11.4 Å². The molecular formula is C15H20N2. The van der Waals surface area contributed by atoms with Crippen molar-refractivity contribution in [2.75, 3.05) is 0 Å². The number of rotatable bonds is 4. The van der Waals surface area contributed by atoms with Crippen molar-refractivity contribution >= 4 is 0 Å². The maximum Gasteiger partial charge on any atom is 0.137 e. The molecule has 0 atom stereocenters. The highest BCUT2D eigenvalue weighted by atomic mass is 14.9. The Labute approximate surface area is 103 Å². The fraction of sp³-hybridized carbons (Fsp3) is 0.400. The Kier molecular flexibility index (Phi) is 3.62. The summed E-state index contributed by atoms with van der Waals surface area (Å²) in [5, 5.41) is 0. The van der Waals surface area contributed by atoms with E-state index in [9.17, 15) is 0 Å². The van der Waals surface area contributed by atoms with Crippen LogP contribution in [0, 0.1) is 5.92 Å². The molecule has 0 spiro atoms. The quantitative estimate of drug-likeness (QED) is 0.846. The third-order valence-electron chi connectivity index (χ3n) is 2.86. The number of hydrogen-bond donors (Lipinski definition) is 1. The summed E-state index contributed by atoms with van der Waals surface area (Å²) in [4.78, 5) is 8.17. The average Bonchev–Trinajstić information content (AvgIpc) is 2.72. The van der Waals surface area contributed by atoms with Crippen LogP contribution >= 0.6 is 0 Å². The summed E-state index contributed by atoms with van der Waals surface area (Å²) >= 11 is 0. The second kappa shape index (κ2) is 5.17. The topological polar surface area (TPSA) is 28.7 Å². The third kappa shape index (κ3) is 2.76. The molecule has 1 N–H and O–H groups in total. The van der Waals surface area contributed by atoms with E-state index in [0.717, 1.165) is 24.2 Å². The van der Waals surface area contributed by atoms with Gasteiger partial charge in [-0.25, -0.2) is 4.98 Å². The molecular weight excluding hydrogens is 208 g/mol. The molecule has 2 nitrogen and oxygen atoms in total. The first-order valence-corrected chi connectivity index (χ1v) is 6.34. The third-order valence-corrected chi connectivity index (χ3v) is 2.86. The highest BCUT2D eigenvalue weighted by Gasteiger charge is 2.10. The fourth-order valence-corrected chi connectivity index (χ4v) is 2.05. The molecule has 2 heteroatoms. The molecule has 0 amide bonds. The minimum absolute atomic E-state index is 0.657. The number of imidazole rings is 1. The Hall–Kier alpha value is -1.57. The number of nitrogens with zero attached hydrogens (tertiary/aromatic N) is 1. The Morgan fingerprint density at radius 1 is 1.18 bits per heavy atom. The largest absolute Gasteiger partial charge is 0.342 e. The van der Waals surface area contributed by atoms with E-state index in [0.29, 0.717) is 5.92 Å². The number of nitrogens with one attached hydrogen (secondary N) is 1. The van der Waals surface area contributed by atoms with E-state index in [-0.39, 0.29) is 0 Å². The molecule has 1 aromatic heterocycles. The van der Waals surface area contributed by atoms with E-state index in [1.165, 1.54) is 11.4 Å². The fourth-order valence-electron chi connectivity index (χ4n) is 2.05. The van der Waals surface area contributed by atoms with Crippen LogP contribution < -0.4 is 0 Å². The molecule has 0 saturated carbocycles. The highest BCUT2D eigenvalue weighted by molar-refractivity contribution is 5.55. The molecule has 0 unspecified atom stereocenters. The number of aromatic nitrogens is 2. The van der Waals surface area contributed by atoms with Gasteiger partial charge in [0.25, 0.3) is 0 Å². The standard InChI is InChI=1S/C15H20N2/c1-4-13-14(10-11(2)3)17-15(16-13)12-8-6-5-7-9-12/h5-9,11H,4,10H2,1-3H3,(H,16,17). The molecule has 17 heavy (non-hydrogen) atoms. The summed E-state index contributed by atoms with van der Waals surface area (Å²) in [6, 6.07) is 10.3. The van der Waals surface area contributed by atoms with Gasteiger partial charge in [0.2, 0.25) is 0 Å². The van der Waals surface area contributed by atoms with Gasteiger partial charge >= 0.3 is 0 Å². The number of aryl methyl sites for hydroxylation is 1. The van der Waals surface area contributed by atoms with Gasteiger partial charge in [-0.2, -0.15) is 0 Å². The molecule has 2 rings (SSSR count). The maximum atomic E-state index is 4.70. The van der Waals surface area contributed by atoms with Crippen LogP contribution in [0.5, 0.6) is 0 Å². The molecule has 0 aliphatic carbocycles. The predicted octanol–water partition coefficient (Wildman–Crippen LogP) is 3.84. The van der Waals surface area contributed by atoms with E-state index >= 15 is 0 Å². The smallest absolute Gasteiger partial charge is 0.137 e. The van der Waals surface area contributed by atoms with Crippen LogP contribution in [0.1, 0.15) is 32.2 Å². The second-order valence-corrected chi connectivity index (χ2v) is 4.83. The predicted molar refractivity (Wildman–Crippen MR) is 71.9 cm³/mol. The first-order valence-electron chi connectivity index (χ1n) is 6.34. The van der Waals surface area contributed by atoms with Crippen LogP contribution in [-0.4, -0.2) is 9.97 Å². The second-order valence-electron chi connectivity index (χ2n) is 4.83. The van der Waals surface area contributed by atoms with Crippen LogP contribution in [0.2, 0.25) is 0 Å². The molecule has 0 aliphatic heterocycles. The molecule has 0 aliphatic rings. The monoisotopic (exact) mass is 228 g/mol. The van der Waals surface area contributed by atoms with Gasteiger partial charge < -0.3 is 4.98 Å². The molecule has 2 aromatic rings. The summed E-state index contributed by atoms with van der Waals surface area (Å²) in [6.45, 7) is 6.64. The van der Waals surface area contributed by atoms with Crippen molar-refractivity contribution in [3.05, 3.63) is 41.7 Å². The molecule has 0 radical (unpaired) electrons. The number of hydrogen-bond acceptors (Lipinski definition) is 1. The van der Waals surface area contributed by atoms with Crippen molar-refractivity contribution < 1.29 is 0 Å². The van der Waals surface area contributed by atoms with Crippen molar-refractivity contribution in [3.8, 4) is 11.4 Å². The zero-order chi connectivity index (χ0) is 12.3. The van der Waals surface area contributed by atoms with Gasteiger partial charge in [-0.1, -0.05) is 51.1 Å². The van der Waals surface area contributed by atoms with Crippen molar-refractivity contribution in [3.63, 3.8) is 0 Å². The van der Waals surface area contributed by atoms with Crippen LogP contribution in [0.15, 0.2) is 30.3 Å². The lowest BCUT2D eigenvalue weighted by atomic mass is 10.1. The Balaban J connectivity index is 2.34. The molecule has 0 bridgehead atoms. The average molecular weight is 228 g/mol. The Morgan fingerprint density at radius 2 is 1.88 bits per heavy atom. The molecule has 90 valence electrons. The van der Waals surface area contributed by atoms with Gasteiger partial charge in [-0.05, 0) is 18.8 Å². The first-order chi connectivity index (χ1) is 8.20. The molecule has 0 fully saturated rings. The summed E-state index contributed by atoms with van der Waals surface area (Å²) in [5.41, 5.74) is 3.66. The molecule has 0 saturated heterocycles. The molecule has 1 aromatic carbocycles. The van der Waals surface area contributed by atoms with Gasteiger partial charge in [0, 0.05) is 11.3 Å². The van der Waals surface area contributed by atoms with Crippen molar-refractivity contribution in [1.29, 1.82) is 0 Å².